The molecule has 2 aromatic rings. The van der Waals surface area contributed by atoms with Gasteiger partial charge in [0.2, 0.25) is 11.8 Å². The lowest BCUT2D eigenvalue weighted by Gasteiger charge is -2.08. The standard InChI is InChI=1S/C12H8F4N2O3/c13-8-2-1-6(5-7(8)12(14,15)16)11-18-17-9(21-11)3-4-10(19)20/h1-2,5H,3-4H2,(H,19,20). The Hall–Kier alpha value is -2.45. The highest BCUT2D eigenvalue weighted by atomic mass is 19.4. The van der Waals surface area contributed by atoms with E-state index in [1.165, 1.54) is 0 Å². The van der Waals surface area contributed by atoms with Crippen LogP contribution in [0.1, 0.15) is 17.9 Å². The first kappa shape index (κ1) is 14.9. The number of aliphatic carboxylic acids is 1. The maximum Gasteiger partial charge on any atom is 0.419 e. The zero-order valence-electron chi connectivity index (χ0n) is 10.3. The molecule has 0 aliphatic rings. The Morgan fingerprint density at radius 2 is 2.00 bits per heavy atom. The Bertz CT molecular complexity index is 667. The number of hydrogen-bond donors (Lipinski definition) is 1. The van der Waals surface area contributed by atoms with Gasteiger partial charge in [0.1, 0.15) is 5.82 Å². The molecular weight excluding hydrogens is 296 g/mol. The molecule has 9 heteroatoms. The summed E-state index contributed by atoms with van der Waals surface area (Å²) in [5.41, 5.74) is -1.54. The van der Waals surface area contributed by atoms with Gasteiger partial charge >= 0.3 is 12.1 Å². The van der Waals surface area contributed by atoms with Crippen LogP contribution >= 0.6 is 0 Å². The zero-order chi connectivity index (χ0) is 15.6. The molecule has 1 N–H and O–H groups in total. The second-order valence-electron chi connectivity index (χ2n) is 4.09. The van der Waals surface area contributed by atoms with Gasteiger partial charge in [0.15, 0.2) is 0 Å². The number of carbonyl (C=O) groups is 1. The largest absolute Gasteiger partial charge is 0.481 e. The van der Waals surface area contributed by atoms with E-state index in [9.17, 15) is 22.4 Å². The lowest BCUT2D eigenvalue weighted by atomic mass is 10.1. The summed E-state index contributed by atoms with van der Waals surface area (Å²) in [6.45, 7) is 0. The Balaban J connectivity index is 2.28. The van der Waals surface area contributed by atoms with E-state index < -0.39 is 23.5 Å². The van der Waals surface area contributed by atoms with Gasteiger partial charge in [0.05, 0.1) is 12.0 Å². The molecular formula is C12H8F4N2O3. The van der Waals surface area contributed by atoms with Crippen LogP contribution in [-0.2, 0) is 17.4 Å². The fourth-order valence-electron chi connectivity index (χ4n) is 1.56. The summed E-state index contributed by atoms with van der Waals surface area (Å²) in [7, 11) is 0. The maximum atomic E-state index is 13.1. The Morgan fingerprint density at radius 1 is 1.29 bits per heavy atom. The van der Waals surface area contributed by atoms with Crippen LogP contribution in [0.4, 0.5) is 17.6 Å². The zero-order valence-corrected chi connectivity index (χ0v) is 10.3. The molecule has 0 saturated heterocycles. The van der Waals surface area contributed by atoms with Gasteiger partial charge in [0.25, 0.3) is 0 Å². The van der Waals surface area contributed by atoms with Crippen LogP contribution in [0.15, 0.2) is 22.6 Å². The quantitative estimate of drug-likeness (QED) is 0.879. The first-order valence-corrected chi connectivity index (χ1v) is 5.68. The van der Waals surface area contributed by atoms with Crippen molar-refractivity contribution in [3.05, 3.63) is 35.5 Å². The van der Waals surface area contributed by atoms with Crippen molar-refractivity contribution in [3.8, 4) is 11.5 Å². The number of benzene rings is 1. The fourth-order valence-corrected chi connectivity index (χ4v) is 1.56. The molecule has 0 radical (unpaired) electrons. The van der Waals surface area contributed by atoms with Gasteiger partial charge in [0, 0.05) is 12.0 Å². The predicted molar refractivity (Wildman–Crippen MR) is 60.7 cm³/mol. The Kier molecular flexibility index (Phi) is 3.92. The maximum absolute atomic E-state index is 13.1. The molecule has 112 valence electrons. The summed E-state index contributed by atoms with van der Waals surface area (Å²) in [4.78, 5) is 10.4. The molecule has 1 aromatic carbocycles. The number of carboxylic acids is 1. The topological polar surface area (TPSA) is 76.2 Å². The van der Waals surface area contributed by atoms with Gasteiger partial charge in [-0.25, -0.2) is 4.39 Å². The highest BCUT2D eigenvalue weighted by Gasteiger charge is 2.34. The number of nitrogens with zero attached hydrogens (tertiary/aromatic N) is 2. The van der Waals surface area contributed by atoms with Crippen molar-refractivity contribution in [2.45, 2.75) is 19.0 Å². The van der Waals surface area contributed by atoms with Crippen molar-refractivity contribution in [2.75, 3.05) is 0 Å². The van der Waals surface area contributed by atoms with Crippen molar-refractivity contribution in [2.24, 2.45) is 0 Å². The summed E-state index contributed by atoms with van der Waals surface area (Å²) >= 11 is 0. The number of carboxylic acid groups (broad SMARTS) is 1. The molecule has 0 fully saturated rings. The summed E-state index contributed by atoms with van der Waals surface area (Å²) in [5.74, 6) is -2.74. The van der Waals surface area contributed by atoms with E-state index in [0.717, 1.165) is 6.07 Å². The number of halogens is 4. The van der Waals surface area contributed by atoms with Crippen molar-refractivity contribution >= 4 is 5.97 Å². The average Bonchev–Trinajstić information content (AvgIpc) is 2.84. The molecule has 0 atom stereocenters. The molecule has 0 aliphatic heterocycles. The highest BCUT2D eigenvalue weighted by molar-refractivity contribution is 5.66. The number of rotatable bonds is 4. The normalized spacial score (nSPS) is 11.6. The van der Waals surface area contributed by atoms with E-state index in [4.69, 9.17) is 9.52 Å². The van der Waals surface area contributed by atoms with E-state index in [1.807, 2.05) is 0 Å². The first-order valence-electron chi connectivity index (χ1n) is 5.68. The van der Waals surface area contributed by atoms with Crippen molar-refractivity contribution < 1.29 is 31.9 Å². The minimum absolute atomic E-state index is 0.0229. The number of hydrogen-bond acceptors (Lipinski definition) is 4. The number of alkyl halides is 3. The van der Waals surface area contributed by atoms with Crippen LogP contribution < -0.4 is 0 Å². The molecule has 1 aromatic heterocycles. The van der Waals surface area contributed by atoms with Crippen LogP contribution in [0, 0.1) is 5.82 Å². The first-order chi connectivity index (χ1) is 9.77. The molecule has 0 amide bonds. The lowest BCUT2D eigenvalue weighted by Crippen LogP contribution is -2.08. The summed E-state index contributed by atoms with van der Waals surface area (Å²) in [6, 6.07) is 2.28. The van der Waals surface area contributed by atoms with E-state index in [1.54, 1.807) is 0 Å². The number of aryl methyl sites for hydroxylation is 1. The molecule has 0 saturated carbocycles. The monoisotopic (exact) mass is 304 g/mol. The van der Waals surface area contributed by atoms with E-state index in [-0.39, 0.29) is 30.2 Å². The van der Waals surface area contributed by atoms with Gasteiger partial charge in [-0.1, -0.05) is 0 Å². The predicted octanol–water partition coefficient (Wildman–Crippen LogP) is 2.91. The lowest BCUT2D eigenvalue weighted by molar-refractivity contribution is -0.140. The second kappa shape index (κ2) is 5.51. The van der Waals surface area contributed by atoms with Crippen molar-refractivity contribution in [3.63, 3.8) is 0 Å². The van der Waals surface area contributed by atoms with E-state index >= 15 is 0 Å². The molecule has 1 heterocycles. The smallest absolute Gasteiger partial charge is 0.419 e. The summed E-state index contributed by atoms with van der Waals surface area (Å²) < 4.78 is 56.0. The van der Waals surface area contributed by atoms with Gasteiger partial charge in [-0.3, -0.25) is 4.79 Å². The minimum Gasteiger partial charge on any atom is -0.481 e. The summed E-state index contributed by atoms with van der Waals surface area (Å²) in [5, 5.41) is 15.5. The summed E-state index contributed by atoms with van der Waals surface area (Å²) in [6.07, 6.45) is -5.14. The van der Waals surface area contributed by atoms with Crippen molar-refractivity contribution in [1.29, 1.82) is 0 Å². The highest BCUT2D eigenvalue weighted by Crippen LogP contribution is 2.33. The van der Waals surface area contributed by atoms with Gasteiger partial charge in [-0.2, -0.15) is 13.2 Å². The number of aromatic nitrogens is 2. The Morgan fingerprint density at radius 3 is 2.62 bits per heavy atom. The second-order valence-corrected chi connectivity index (χ2v) is 4.09. The van der Waals surface area contributed by atoms with Crippen LogP contribution in [0.25, 0.3) is 11.5 Å². The molecule has 5 nitrogen and oxygen atoms in total. The molecule has 0 unspecified atom stereocenters. The molecule has 0 bridgehead atoms. The van der Waals surface area contributed by atoms with Gasteiger partial charge in [-0.15, -0.1) is 10.2 Å². The van der Waals surface area contributed by atoms with Gasteiger partial charge in [-0.05, 0) is 18.2 Å². The molecule has 2 rings (SSSR count). The fraction of sp³-hybridized carbons (Fsp3) is 0.250. The molecule has 21 heavy (non-hydrogen) atoms. The molecule has 0 spiro atoms. The third kappa shape index (κ3) is 3.56. The van der Waals surface area contributed by atoms with Crippen LogP contribution in [0.3, 0.4) is 0 Å². The minimum atomic E-state index is -4.84. The average molecular weight is 304 g/mol. The Labute approximate surface area is 115 Å². The molecule has 0 aliphatic carbocycles. The van der Waals surface area contributed by atoms with E-state index in [0.29, 0.717) is 12.1 Å². The van der Waals surface area contributed by atoms with Crippen LogP contribution in [0.2, 0.25) is 0 Å². The third-order valence-electron chi connectivity index (χ3n) is 2.54. The van der Waals surface area contributed by atoms with E-state index in [2.05, 4.69) is 10.2 Å². The van der Waals surface area contributed by atoms with Gasteiger partial charge < -0.3 is 9.52 Å². The van der Waals surface area contributed by atoms with Crippen molar-refractivity contribution in [1.82, 2.24) is 10.2 Å². The SMILES string of the molecule is O=C(O)CCc1nnc(-c2ccc(F)c(C(F)(F)F)c2)o1. The van der Waals surface area contributed by atoms with Crippen LogP contribution in [0.5, 0.6) is 0 Å². The van der Waals surface area contributed by atoms with Crippen LogP contribution in [-0.4, -0.2) is 21.3 Å². The third-order valence-corrected chi connectivity index (χ3v) is 2.54.